The van der Waals surface area contributed by atoms with Crippen LogP contribution in [0.2, 0.25) is 0 Å². The number of nitrogens with zero attached hydrogens (tertiary/aromatic N) is 3. The van der Waals surface area contributed by atoms with Gasteiger partial charge in [0.1, 0.15) is 5.75 Å². The molecule has 2 aliphatic heterocycles. The van der Waals surface area contributed by atoms with E-state index >= 15 is 0 Å². The van der Waals surface area contributed by atoms with Gasteiger partial charge in [-0.2, -0.15) is 0 Å². The Morgan fingerprint density at radius 3 is 2.45 bits per heavy atom. The van der Waals surface area contributed by atoms with Crippen molar-refractivity contribution in [3.8, 4) is 11.5 Å². The SMILES string of the molecule is COc1ccc2c(c1)C(C)(C)C1(C=Cc3cc([N+](=O)[O-])cc([N+](=O)[O-])c3O1)N2C. The molecule has 0 saturated carbocycles. The van der Waals surface area contributed by atoms with Crippen molar-refractivity contribution in [1.82, 2.24) is 0 Å². The lowest BCUT2D eigenvalue weighted by Crippen LogP contribution is -2.58. The Bertz CT molecular complexity index is 1090. The molecule has 0 N–H and O–H groups in total. The molecule has 0 fully saturated rings. The quantitative estimate of drug-likeness (QED) is 0.568. The molecule has 0 saturated heterocycles. The summed E-state index contributed by atoms with van der Waals surface area (Å²) in [7, 11) is 3.44. The van der Waals surface area contributed by atoms with Crippen molar-refractivity contribution in [2.45, 2.75) is 25.0 Å². The molecule has 29 heavy (non-hydrogen) atoms. The summed E-state index contributed by atoms with van der Waals surface area (Å²) >= 11 is 0. The van der Waals surface area contributed by atoms with Crippen molar-refractivity contribution in [1.29, 1.82) is 0 Å². The summed E-state index contributed by atoms with van der Waals surface area (Å²) in [6.45, 7) is 3.97. The Balaban J connectivity index is 1.91. The standard InChI is InChI=1S/C20H19N3O6/c1-19(2)15-11-14(28-4)5-6-16(15)21(3)20(19)8-7-12-9-13(22(24)25)10-17(23(26)27)18(12)29-20/h5-11H,1-4H3. The molecule has 1 unspecified atom stereocenters. The lowest BCUT2D eigenvalue weighted by Gasteiger charge is -2.45. The predicted molar refractivity (Wildman–Crippen MR) is 107 cm³/mol. The van der Waals surface area contributed by atoms with Crippen LogP contribution in [0.15, 0.2) is 36.4 Å². The second kappa shape index (κ2) is 5.94. The zero-order valence-corrected chi connectivity index (χ0v) is 16.3. The molecule has 2 aliphatic rings. The van der Waals surface area contributed by atoms with Crippen molar-refractivity contribution >= 4 is 23.1 Å². The maximum atomic E-state index is 11.6. The van der Waals surface area contributed by atoms with Crippen molar-refractivity contribution in [2.24, 2.45) is 0 Å². The van der Waals surface area contributed by atoms with Gasteiger partial charge < -0.3 is 14.4 Å². The Hall–Kier alpha value is -3.62. The van der Waals surface area contributed by atoms with Gasteiger partial charge in [-0.1, -0.05) is 0 Å². The summed E-state index contributed by atoms with van der Waals surface area (Å²) in [4.78, 5) is 23.4. The highest BCUT2D eigenvalue weighted by molar-refractivity contribution is 5.76. The van der Waals surface area contributed by atoms with Gasteiger partial charge in [-0.25, -0.2) is 0 Å². The summed E-state index contributed by atoms with van der Waals surface area (Å²) in [5, 5.41) is 22.8. The third kappa shape index (κ3) is 2.40. The number of benzene rings is 2. The van der Waals surface area contributed by atoms with E-state index in [0.717, 1.165) is 17.3 Å². The van der Waals surface area contributed by atoms with Crippen LogP contribution in [-0.4, -0.2) is 29.7 Å². The van der Waals surface area contributed by atoms with Crippen LogP contribution in [0.3, 0.4) is 0 Å². The smallest absolute Gasteiger partial charge is 0.318 e. The fraction of sp³-hybridized carbons (Fsp3) is 0.300. The molecule has 0 aromatic heterocycles. The predicted octanol–water partition coefficient (Wildman–Crippen LogP) is 4.04. The number of nitro benzene ring substituents is 2. The number of methoxy groups -OCH3 is 1. The van der Waals surface area contributed by atoms with Gasteiger partial charge in [-0.05, 0) is 49.8 Å². The second-order valence-electron chi connectivity index (χ2n) is 7.60. The molecule has 2 heterocycles. The van der Waals surface area contributed by atoms with Crippen LogP contribution in [0, 0.1) is 20.2 Å². The third-order valence-corrected chi connectivity index (χ3v) is 5.87. The van der Waals surface area contributed by atoms with E-state index in [-0.39, 0.29) is 11.4 Å². The second-order valence-corrected chi connectivity index (χ2v) is 7.60. The first-order valence-electron chi connectivity index (χ1n) is 8.90. The molecule has 0 aliphatic carbocycles. The number of fused-ring (bicyclic) bond motifs is 2. The molecule has 9 nitrogen and oxygen atoms in total. The van der Waals surface area contributed by atoms with Gasteiger partial charge in [0.25, 0.3) is 5.69 Å². The maximum absolute atomic E-state index is 11.6. The molecular formula is C20H19N3O6. The van der Waals surface area contributed by atoms with Gasteiger partial charge in [0, 0.05) is 24.4 Å². The summed E-state index contributed by atoms with van der Waals surface area (Å²) in [5.74, 6) is 0.715. The molecule has 1 atom stereocenters. The highest BCUT2D eigenvalue weighted by atomic mass is 16.6. The van der Waals surface area contributed by atoms with Gasteiger partial charge in [-0.3, -0.25) is 20.2 Å². The summed E-state index contributed by atoms with van der Waals surface area (Å²) in [6, 6.07) is 7.91. The first-order chi connectivity index (χ1) is 13.6. The monoisotopic (exact) mass is 397 g/mol. The minimum Gasteiger partial charge on any atom is -0.497 e. The molecular weight excluding hydrogens is 378 g/mol. The van der Waals surface area contributed by atoms with Crippen LogP contribution in [0.25, 0.3) is 6.08 Å². The first kappa shape index (κ1) is 18.7. The van der Waals surface area contributed by atoms with E-state index < -0.39 is 26.7 Å². The van der Waals surface area contributed by atoms with Crippen LogP contribution < -0.4 is 14.4 Å². The average molecular weight is 397 g/mol. The van der Waals surface area contributed by atoms with E-state index in [1.807, 2.05) is 44.0 Å². The van der Waals surface area contributed by atoms with Crippen LogP contribution >= 0.6 is 0 Å². The molecule has 9 heteroatoms. The van der Waals surface area contributed by atoms with E-state index in [9.17, 15) is 20.2 Å². The highest BCUT2D eigenvalue weighted by Crippen LogP contribution is 2.56. The molecule has 2 aromatic rings. The minimum atomic E-state index is -1.05. The maximum Gasteiger partial charge on any atom is 0.318 e. The van der Waals surface area contributed by atoms with Gasteiger partial charge in [0.2, 0.25) is 11.5 Å². The summed E-state index contributed by atoms with van der Waals surface area (Å²) in [6.07, 6.45) is 3.45. The number of hydrogen-bond acceptors (Lipinski definition) is 7. The average Bonchev–Trinajstić information content (AvgIpc) is 2.85. The topological polar surface area (TPSA) is 108 Å². The molecule has 0 bridgehead atoms. The van der Waals surface area contributed by atoms with Crippen molar-refractivity contribution in [2.75, 3.05) is 19.1 Å². The molecule has 0 amide bonds. The fourth-order valence-corrected chi connectivity index (χ4v) is 4.23. The number of hydrogen-bond donors (Lipinski definition) is 0. The molecule has 4 rings (SSSR count). The molecule has 0 radical (unpaired) electrons. The first-order valence-corrected chi connectivity index (χ1v) is 8.90. The molecule has 1 spiro atoms. The van der Waals surface area contributed by atoms with Crippen molar-refractivity contribution in [3.63, 3.8) is 0 Å². The lowest BCUT2D eigenvalue weighted by atomic mass is 9.76. The minimum absolute atomic E-state index is 0.0165. The number of nitro groups is 2. The van der Waals surface area contributed by atoms with Crippen molar-refractivity contribution < 1.29 is 19.3 Å². The van der Waals surface area contributed by atoms with Gasteiger partial charge >= 0.3 is 5.69 Å². The fourth-order valence-electron chi connectivity index (χ4n) is 4.23. The van der Waals surface area contributed by atoms with E-state index in [2.05, 4.69) is 0 Å². The zero-order chi connectivity index (χ0) is 21.1. The number of ether oxygens (including phenoxy) is 2. The van der Waals surface area contributed by atoms with Gasteiger partial charge in [0.15, 0.2) is 0 Å². The number of likely N-dealkylation sites (N-methyl/N-ethyl adjacent to an activating group) is 1. The molecule has 2 aromatic carbocycles. The van der Waals surface area contributed by atoms with E-state index in [0.29, 0.717) is 11.3 Å². The largest absolute Gasteiger partial charge is 0.497 e. The number of non-ortho nitro benzene ring substituents is 1. The van der Waals surface area contributed by atoms with Gasteiger partial charge in [-0.15, -0.1) is 0 Å². The Morgan fingerprint density at radius 1 is 1.10 bits per heavy atom. The third-order valence-electron chi connectivity index (χ3n) is 5.87. The zero-order valence-electron chi connectivity index (χ0n) is 16.3. The van der Waals surface area contributed by atoms with E-state index in [1.165, 1.54) is 6.07 Å². The van der Waals surface area contributed by atoms with Crippen LogP contribution in [0.1, 0.15) is 25.0 Å². The van der Waals surface area contributed by atoms with Crippen LogP contribution in [0.4, 0.5) is 17.1 Å². The summed E-state index contributed by atoms with van der Waals surface area (Å²) in [5.41, 5.74) is -0.257. The van der Waals surface area contributed by atoms with Crippen LogP contribution in [0.5, 0.6) is 11.5 Å². The van der Waals surface area contributed by atoms with Gasteiger partial charge in [0.05, 0.1) is 28.4 Å². The summed E-state index contributed by atoms with van der Waals surface area (Å²) < 4.78 is 11.7. The number of rotatable bonds is 3. The number of anilines is 1. The highest BCUT2D eigenvalue weighted by Gasteiger charge is 2.58. The Morgan fingerprint density at radius 2 is 1.83 bits per heavy atom. The van der Waals surface area contributed by atoms with Crippen molar-refractivity contribution in [3.05, 3.63) is 67.8 Å². The Kier molecular flexibility index (Phi) is 3.83. The lowest BCUT2D eigenvalue weighted by molar-refractivity contribution is -0.395. The Labute approximate surface area is 166 Å². The van der Waals surface area contributed by atoms with Crippen LogP contribution in [-0.2, 0) is 5.41 Å². The normalized spacial score (nSPS) is 20.8. The van der Waals surface area contributed by atoms with E-state index in [4.69, 9.17) is 9.47 Å². The molecule has 150 valence electrons. The van der Waals surface area contributed by atoms with E-state index in [1.54, 1.807) is 19.3 Å².